The van der Waals surface area contributed by atoms with E-state index in [4.69, 9.17) is 0 Å². The zero-order valence-electron chi connectivity index (χ0n) is 19.9. The summed E-state index contributed by atoms with van der Waals surface area (Å²) in [6, 6.07) is 9.72. The highest BCUT2D eigenvalue weighted by Crippen LogP contribution is 2.44. The molecule has 0 radical (unpaired) electrons. The second-order valence-electron chi connectivity index (χ2n) is 9.22. The Balaban J connectivity index is 1.57. The fourth-order valence-corrected chi connectivity index (χ4v) is 5.26. The summed E-state index contributed by atoms with van der Waals surface area (Å²) in [5.74, 6) is -0.416. The first-order valence-electron chi connectivity index (χ1n) is 11.8. The molecule has 1 aliphatic carbocycles. The number of alkyl halides is 2. The molecule has 0 amide bonds. The van der Waals surface area contributed by atoms with Gasteiger partial charge in [0.2, 0.25) is 0 Å². The molecule has 36 heavy (non-hydrogen) atoms. The van der Waals surface area contributed by atoms with Gasteiger partial charge in [-0.1, -0.05) is 12.1 Å². The van der Waals surface area contributed by atoms with Gasteiger partial charge in [-0.3, -0.25) is 19.3 Å². The molecule has 0 unspecified atom stereocenters. The molecule has 2 atom stereocenters. The molecule has 0 N–H and O–H groups in total. The number of aromatic nitrogens is 4. The van der Waals surface area contributed by atoms with Crippen LogP contribution in [0.25, 0.3) is 11.2 Å². The number of halogens is 3. The van der Waals surface area contributed by atoms with Crippen molar-refractivity contribution >= 4 is 11.2 Å². The van der Waals surface area contributed by atoms with Gasteiger partial charge in [0, 0.05) is 18.0 Å². The van der Waals surface area contributed by atoms with Crippen molar-refractivity contribution in [2.45, 2.75) is 58.1 Å². The van der Waals surface area contributed by atoms with Gasteiger partial charge in [-0.05, 0) is 80.3 Å². The van der Waals surface area contributed by atoms with Gasteiger partial charge in [0.15, 0.2) is 5.65 Å². The van der Waals surface area contributed by atoms with Crippen molar-refractivity contribution < 1.29 is 17.9 Å². The molecule has 3 aromatic heterocycles. The molecule has 0 saturated heterocycles. The first-order chi connectivity index (χ1) is 17.3. The van der Waals surface area contributed by atoms with Crippen LogP contribution in [0.15, 0.2) is 53.6 Å². The minimum Gasteiger partial charge on any atom is -0.433 e. The first-order valence-corrected chi connectivity index (χ1v) is 11.8. The summed E-state index contributed by atoms with van der Waals surface area (Å²) in [6.07, 6.45) is 5.19. The van der Waals surface area contributed by atoms with Crippen molar-refractivity contribution in [3.05, 3.63) is 93.0 Å². The van der Waals surface area contributed by atoms with Crippen LogP contribution in [0.3, 0.4) is 0 Å². The minimum absolute atomic E-state index is 0.00526. The standard InChI is InChI=1S/C27H25F3N4O2/c1-15-5-3-6-20(28)24(15)18-9-8-17(11-18)19-12-21-25(33-16(2)13-32-21)34(26(19)35)14-22-23(36-27(29)30)7-4-10-31-22/h3-7,10,12-13,17-18,27H,8-9,11,14H2,1-2H3/t17-,18-/m0/s1. The van der Waals surface area contributed by atoms with E-state index >= 15 is 0 Å². The maximum absolute atomic E-state index is 14.6. The molecule has 4 aromatic rings. The number of hydrogen-bond acceptors (Lipinski definition) is 5. The lowest BCUT2D eigenvalue weighted by Crippen LogP contribution is -2.27. The van der Waals surface area contributed by atoms with E-state index < -0.39 is 6.61 Å². The molecule has 0 aliphatic heterocycles. The summed E-state index contributed by atoms with van der Waals surface area (Å²) in [6.45, 7) is 0.539. The van der Waals surface area contributed by atoms with E-state index in [0.29, 0.717) is 34.4 Å². The quantitative estimate of drug-likeness (QED) is 0.347. The Morgan fingerprint density at radius 2 is 1.92 bits per heavy atom. The van der Waals surface area contributed by atoms with Crippen LogP contribution in [0.5, 0.6) is 5.75 Å². The monoisotopic (exact) mass is 494 g/mol. The summed E-state index contributed by atoms with van der Waals surface area (Å²) < 4.78 is 46.6. The molecular weight excluding hydrogens is 469 g/mol. The molecule has 1 aliphatic rings. The Kier molecular flexibility index (Phi) is 6.47. The van der Waals surface area contributed by atoms with E-state index in [2.05, 4.69) is 19.7 Å². The third kappa shape index (κ3) is 4.57. The van der Waals surface area contributed by atoms with Crippen molar-refractivity contribution in [3.63, 3.8) is 0 Å². The third-order valence-electron chi connectivity index (χ3n) is 6.87. The van der Waals surface area contributed by atoms with Crippen molar-refractivity contribution in [1.82, 2.24) is 19.5 Å². The van der Waals surface area contributed by atoms with E-state index in [0.717, 1.165) is 18.4 Å². The molecule has 186 valence electrons. The van der Waals surface area contributed by atoms with Crippen LogP contribution in [-0.2, 0) is 6.54 Å². The number of hydrogen-bond donors (Lipinski definition) is 0. The molecule has 3 heterocycles. The summed E-state index contributed by atoms with van der Waals surface area (Å²) in [7, 11) is 0. The molecule has 6 nitrogen and oxygen atoms in total. The summed E-state index contributed by atoms with van der Waals surface area (Å²) in [5, 5.41) is 0. The average Bonchev–Trinajstić information content (AvgIpc) is 3.31. The Bertz CT molecular complexity index is 1470. The van der Waals surface area contributed by atoms with Crippen molar-refractivity contribution in [1.29, 1.82) is 0 Å². The lowest BCUT2D eigenvalue weighted by molar-refractivity contribution is -0.0507. The van der Waals surface area contributed by atoms with Gasteiger partial charge >= 0.3 is 6.61 Å². The molecule has 5 rings (SSSR count). The molecule has 9 heteroatoms. The highest BCUT2D eigenvalue weighted by Gasteiger charge is 2.32. The van der Waals surface area contributed by atoms with Crippen molar-refractivity contribution in [3.8, 4) is 5.75 Å². The Hall–Kier alpha value is -3.75. The molecule has 1 aromatic carbocycles. The van der Waals surface area contributed by atoms with E-state index in [-0.39, 0.29) is 41.2 Å². The van der Waals surface area contributed by atoms with Gasteiger partial charge in [-0.15, -0.1) is 0 Å². The predicted molar refractivity (Wildman–Crippen MR) is 129 cm³/mol. The highest BCUT2D eigenvalue weighted by atomic mass is 19.3. The van der Waals surface area contributed by atoms with Crippen LogP contribution in [0, 0.1) is 19.7 Å². The van der Waals surface area contributed by atoms with Crippen LogP contribution >= 0.6 is 0 Å². The Labute approximate surface area is 205 Å². The predicted octanol–water partition coefficient (Wildman–Crippen LogP) is 5.64. The number of rotatable bonds is 6. The third-order valence-corrected chi connectivity index (χ3v) is 6.87. The maximum Gasteiger partial charge on any atom is 0.387 e. The number of nitrogens with zero attached hydrogens (tertiary/aromatic N) is 4. The minimum atomic E-state index is -3.02. The smallest absolute Gasteiger partial charge is 0.387 e. The van der Waals surface area contributed by atoms with Gasteiger partial charge in [0.25, 0.3) is 5.56 Å². The number of fused-ring (bicyclic) bond motifs is 1. The number of ether oxygens (including phenoxy) is 1. The normalized spacial score (nSPS) is 17.7. The van der Waals surface area contributed by atoms with Gasteiger partial charge < -0.3 is 4.74 Å². The van der Waals surface area contributed by atoms with Gasteiger partial charge in [0.1, 0.15) is 22.8 Å². The van der Waals surface area contributed by atoms with E-state index in [1.165, 1.54) is 29.0 Å². The van der Waals surface area contributed by atoms with Crippen LogP contribution in [-0.4, -0.2) is 26.1 Å². The van der Waals surface area contributed by atoms with Gasteiger partial charge in [-0.2, -0.15) is 8.78 Å². The number of aryl methyl sites for hydroxylation is 2. The summed E-state index contributed by atoms with van der Waals surface area (Å²) in [5.41, 5.74) is 3.55. The lowest BCUT2D eigenvalue weighted by Gasteiger charge is -2.18. The molecule has 0 bridgehead atoms. The SMILES string of the molecule is Cc1cnc2cc([C@H]3CC[C@H](c4c(C)cccc4F)C3)c(=O)n(Cc3ncccc3OC(F)F)c2n1. The molecule has 1 saturated carbocycles. The highest BCUT2D eigenvalue weighted by molar-refractivity contribution is 5.71. The Morgan fingerprint density at radius 1 is 1.11 bits per heavy atom. The lowest BCUT2D eigenvalue weighted by atomic mass is 9.90. The van der Waals surface area contributed by atoms with Crippen LogP contribution in [0.4, 0.5) is 13.2 Å². The second kappa shape index (κ2) is 9.72. The maximum atomic E-state index is 14.6. The molecule has 0 spiro atoms. The van der Waals surface area contributed by atoms with Crippen LogP contribution < -0.4 is 10.3 Å². The fraction of sp³-hybridized carbons (Fsp3) is 0.333. The summed E-state index contributed by atoms with van der Waals surface area (Å²) >= 11 is 0. The zero-order chi connectivity index (χ0) is 25.4. The number of benzene rings is 1. The van der Waals surface area contributed by atoms with Crippen molar-refractivity contribution in [2.24, 2.45) is 0 Å². The summed E-state index contributed by atoms with van der Waals surface area (Å²) in [4.78, 5) is 27.0. The number of pyridine rings is 2. The van der Waals surface area contributed by atoms with E-state index in [1.54, 1.807) is 25.3 Å². The fourth-order valence-electron chi connectivity index (χ4n) is 5.26. The van der Waals surface area contributed by atoms with E-state index in [9.17, 15) is 18.0 Å². The molecule has 1 fully saturated rings. The van der Waals surface area contributed by atoms with Crippen LogP contribution in [0.1, 0.15) is 59.2 Å². The largest absolute Gasteiger partial charge is 0.433 e. The second-order valence-corrected chi connectivity index (χ2v) is 9.22. The Morgan fingerprint density at radius 3 is 2.69 bits per heavy atom. The van der Waals surface area contributed by atoms with Gasteiger partial charge in [-0.25, -0.2) is 9.37 Å². The topological polar surface area (TPSA) is 69.9 Å². The van der Waals surface area contributed by atoms with Gasteiger partial charge in [0.05, 0.1) is 12.2 Å². The van der Waals surface area contributed by atoms with Crippen molar-refractivity contribution in [2.75, 3.05) is 0 Å². The molecular formula is C27H25F3N4O2. The van der Waals surface area contributed by atoms with E-state index in [1.807, 2.05) is 13.0 Å². The average molecular weight is 495 g/mol. The zero-order valence-corrected chi connectivity index (χ0v) is 19.9. The van der Waals surface area contributed by atoms with Crippen LogP contribution in [0.2, 0.25) is 0 Å². The first kappa shape index (κ1) is 24.0.